The molecule has 2 aromatic carbocycles. The Morgan fingerprint density at radius 2 is 1.74 bits per heavy atom. The Labute approximate surface area is 159 Å². The standard InChI is InChI=1S/C22H25NO4/c1-22(2,3)27-21(26)23-19-9-8-17-11-15(12-18(17)13-19)10-14-4-6-16(7-5-14)20(24)25/h4-9,13,15H,10-12H2,1-3H3,(H,23,26)(H,24,25). The van der Waals surface area contributed by atoms with Crippen LogP contribution in [-0.2, 0) is 24.0 Å². The van der Waals surface area contributed by atoms with Gasteiger partial charge in [0, 0.05) is 5.69 Å². The Hall–Kier alpha value is -2.82. The fourth-order valence-electron chi connectivity index (χ4n) is 3.47. The Morgan fingerprint density at radius 3 is 2.37 bits per heavy atom. The number of amides is 1. The van der Waals surface area contributed by atoms with Gasteiger partial charge in [-0.3, -0.25) is 5.32 Å². The van der Waals surface area contributed by atoms with Gasteiger partial charge in [0.1, 0.15) is 5.60 Å². The number of fused-ring (bicyclic) bond motifs is 1. The molecule has 0 aromatic heterocycles. The minimum atomic E-state index is -0.903. The van der Waals surface area contributed by atoms with Crippen LogP contribution in [0.1, 0.15) is 47.8 Å². The topological polar surface area (TPSA) is 75.6 Å². The monoisotopic (exact) mass is 367 g/mol. The van der Waals surface area contributed by atoms with E-state index in [4.69, 9.17) is 9.84 Å². The maximum atomic E-state index is 11.9. The van der Waals surface area contributed by atoms with Gasteiger partial charge in [-0.2, -0.15) is 0 Å². The first kappa shape index (κ1) is 19.0. The zero-order valence-corrected chi connectivity index (χ0v) is 15.9. The van der Waals surface area contributed by atoms with Crippen molar-refractivity contribution in [3.8, 4) is 0 Å². The summed E-state index contributed by atoms with van der Waals surface area (Å²) < 4.78 is 5.30. The Morgan fingerprint density at radius 1 is 1.07 bits per heavy atom. The maximum absolute atomic E-state index is 11.9. The van der Waals surface area contributed by atoms with Gasteiger partial charge in [0.2, 0.25) is 0 Å². The Kier molecular flexibility index (Phi) is 5.22. The lowest BCUT2D eigenvalue weighted by Crippen LogP contribution is -2.27. The maximum Gasteiger partial charge on any atom is 0.412 e. The quantitative estimate of drug-likeness (QED) is 0.822. The number of carboxylic acids is 1. The molecule has 1 aliphatic rings. The van der Waals surface area contributed by atoms with Crippen LogP contribution in [0.3, 0.4) is 0 Å². The van der Waals surface area contributed by atoms with Crippen molar-refractivity contribution in [1.29, 1.82) is 0 Å². The predicted octanol–water partition coefficient (Wildman–Crippen LogP) is 4.69. The second-order valence-electron chi connectivity index (χ2n) is 8.09. The molecule has 1 amide bonds. The second-order valence-corrected chi connectivity index (χ2v) is 8.09. The van der Waals surface area contributed by atoms with Crippen molar-refractivity contribution in [3.05, 3.63) is 64.7 Å². The third-order valence-electron chi connectivity index (χ3n) is 4.59. The van der Waals surface area contributed by atoms with Gasteiger partial charge in [-0.25, -0.2) is 9.59 Å². The van der Waals surface area contributed by atoms with Crippen LogP contribution in [0.15, 0.2) is 42.5 Å². The van der Waals surface area contributed by atoms with Gasteiger partial charge in [0.25, 0.3) is 0 Å². The number of hydrogen-bond donors (Lipinski definition) is 2. The molecule has 3 rings (SSSR count). The summed E-state index contributed by atoms with van der Waals surface area (Å²) in [4.78, 5) is 22.9. The summed E-state index contributed by atoms with van der Waals surface area (Å²) in [6.45, 7) is 5.51. The van der Waals surface area contributed by atoms with Crippen molar-refractivity contribution in [2.75, 3.05) is 5.32 Å². The third kappa shape index (κ3) is 5.09. The average molecular weight is 367 g/mol. The lowest BCUT2D eigenvalue weighted by atomic mass is 9.96. The largest absolute Gasteiger partial charge is 0.478 e. The molecule has 0 radical (unpaired) electrons. The average Bonchev–Trinajstić information content (AvgIpc) is 2.95. The SMILES string of the molecule is CC(C)(C)OC(=O)Nc1ccc2c(c1)CC(Cc1ccc(C(=O)O)cc1)C2. The molecule has 1 atom stereocenters. The second kappa shape index (κ2) is 7.43. The minimum absolute atomic E-state index is 0.311. The summed E-state index contributed by atoms with van der Waals surface area (Å²) in [7, 11) is 0. The van der Waals surface area contributed by atoms with Gasteiger partial charge in [-0.1, -0.05) is 18.2 Å². The van der Waals surface area contributed by atoms with E-state index < -0.39 is 17.7 Å². The molecular weight excluding hydrogens is 342 g/mol. The van der Waals surface area contributed by atoms with E-state index in [1.807, 2.05) is 45.0 Å². The highest BCUT2D eigenvalue weighted by Gasteiger charge is 2.23. The molecule has 142 valence electrons. The number of nitrogens with one attached hydrogen (secondary N) is 1. The number of aromatic carboxylic acids is 1. The molecule has 5 heteroatoms. The summed E-state index contributed by atoms with van der Waals surface area (Å²) in [6, 6.07) is 13.1. The first-order valence-corrected chi connectivity index (χ1v) is 9.13. The number of carboxylic acid groups (broad SMARTS) is 1. The number of ether oxygens (including phenoxy) is 1. The van der Waals surface area contributed by atoms with E-state index in [1.165, 1.54) is 11.1 Å². The van der Waals surface area contributed by atoms with Crippen LogP contribution >= 0.6 is 0 Å². The summed E-state index contributed by atoms with van der Waals surface area (Å²) in [5, 5.41) is 11.8. The van der Waals surface area contributed by atoms with E-state index in [1.54, 1.807) is 12.1 Å². The highest BCUT2D eigenvalue weighted by Crippen LogP contribution is 2.31. The van der Waals surface area contributed by atoms with E-state index in [0.29, 0.717) is 11.5 Å². The molecule has 1 aliphatic carbocycles. The van der Waals surface area contributed by atoms with Crippen molar-refractivity contribution in [3.63, 3.8) is 0 Å². The molecule has 0 bridgehead atoms. The molecule has 27 heavy (non-hydrogen) atoms. The molecule has 0 saturated heterocycles. The Bertz CT molecular complexity index is 850. The number of anilines is 1. The molecule has 0 fully saturated rings. The Balaban J connectivity index is 1.61. The summed E-state index contributed by atoms with van der Waals surface area (Å²) in [5.74, 6) is -0.424. The molecule has 0 saturated carbocycles. The third-order valence-corrected chi connectivity index (χ3v) is 4.59. The van der Waals surface area contributed by atoms with Crippen LogP contribution in [0.5, 0.6) is 0 Å². The van der Waals surface area contributed by atoms with Crippen LogP contribution in [0.2, 0.25) is 0 Å². The van der Waals surface area contributed by atoms with Crippen LogP contribution in [0.4, 0.5) is 10.5 Å². The summed E-state index contributed by atoms with van der Waals surface area (Å²) >= 11 is 0. The highest BCUT2D eigenvalue weighted by atomic mass is 16.6. The molecule has 2 aromatic rings. The first-order chi connectivity index (χ1) is 12.7. The van der Waals surface area contributed by atoms with E-state index in [2.05, 4.69) is 11.4 Å². The van der Waals surface area contributed by atoms with Gasteiger partial charge in [0.15, 0.2) is 0 Å². The van der Waals surface area contributed by atoms with Crippen LogP contribution in [0.25, 0.3) is 0 Å². The van der Waals surface area contributed by atoms with Crippen molar-refractivity contribution in [1.82, 2.24) is 0 Å². The zero-order valence-electron chi connectivity index (χ0n) is 15.9. The molecule has 0 spiro atoms. The van der Waals surface area contributed by atoms with Gasteiger partial charge < -0.3 is 9.84 Å². The number of carbonyl (C=O) groups excluding carboxylic acids is 1. The van der Waals surface area contributed by atoms with E-state index in [9.17, 15) is 9.59 Å². The van der Waals surface area contributed by atoms with Crippen LogP contribution < -0.4 is 5.32 Å². The number of hydrogen-bond acceptors (Lipinski definition) is 3. The highest BCUT2D eigenvalue weighted by molar-refractivity contribution is 5.87. The van der Waals surface area contributed by atoms with Crippen LogP contribution in [0, 0.1) is 5.92 Å². The molecule has 0 aliphatic heterocycles. The first-order valence-electron chi connectivity index (χ1n) is 9.13. The molecule has 0 heterocycles. The van der Waals surface area contributed by atoms with Gasteiger partial charge >= 0.3 is 12.1 Å². The fourth-order valence-corrected chi connectivity index (χ4v) is 3.47. The predicted molar refractivity (Wildman–Crippen MR) is 104 cm³/mol. The molecular formula is C22H25NO4. The number of rotatable bonds is 4. The van der Waals surface area contributed by atoms with Crippen LogP contribution in [-0.4, -0.2) is 22.8 Å². The van der Waals surface area contributed by atoms with Crippen molar-refractivity contribution in [2.45, 2.75) is 45.6 Å². The lowest BCUT2D eigenvalue weighted by molar-refractivity contribution is 0.0634. The van der Waals surface area contributed by atoms with Gasteiger partial charge in [0.05, 0.1) is 5.56 Å². The van der Waals surface area contributed by atoms with E-state index in [0.717, 1.165) is 30.5 Å². The van der Waals surface area contributed by atoms with Gasteiger partial charge in [-0.15, -0.1) is 0 Å². The fraction of sp³-hybridized carbons (Fsp3) is 0.364. The van der Waals surface area contributed by atoms with Crippen molar-refractivity contribution >= 4 is 17.7 Å². The van der Waals surface area contributed by atoms with E-state index in [-0.39, 0.29) is 0 Å². The number of carbonyl (C=O) groups is 2. The normalized spacial score (nSPS) is 15.9. The molecule has 2 N–H and O–H groups in total. The molecule has 1 unspecified atom stereocenters. The van der Waals surface area contributed by atoms with E-state index >= 15 is 0 Å². The minimum Gasteiger partial charge on any atom is -0.478 e. The summed E-state index contributed by atoms with van der Waals surface area (Å²) in [5.41, 5.74) is 4.22. The summed E-state index contributed by atoms with van der Waals surface area (Å²) in [6.07, 6.45) is 2.39. The van der Waals surface area contributed by atoms with Crippen molar-refractivity contribution in [2.24, 2.45) is 5.92 Å². The lowest BCUT2D eigenvalue weighted by Gasteiger charge is -2.19. The van der Waals surface area contributed by atoms with Gasteiger partial charge in [-0.05, 0) is 86.9 Å². The molecule has 5 nitrogen and oxygen atoms in total. The zero-order chi connectivity index (χ0) is 19.6. The number of benzene rings is 2. The van der Waals surface area contributed by atoms with Crippen molar-refractivity contribution < 1.29 is 19.4 Å². The smallest absolute Gasteiger partial charge is 0.412 e.